The number of thiazole rings is 1. The van der Waals surface area contributed by atoms with E-state index < -0.39 is 10.0 Å². The quantitative estimate of drug-likeness (QED) is 0.615. The van der Waals surface area contributed by atoms with E-state index >= 15 is 0 Å². The molecule has 1 aliphatic heterocycles. The van der Waals surface area contributed by atoms with E-state index in [9.17, 15) is 13.2 Å². The summed E-state index contributed by atoms with van der Waals surface area (Å²) in [6.45, 7) is 2.46. The predicted octanol–water partition coefficient (Wildman–Crippen LogP) is 2.87. The molecule has 3 aromatic rings. The minimum absolute atomic E-state index is 0.00913. The van der Waals surface area contributed by atoms with Gasteiger partial charge in [0.05, 0.1) is 4.90 Å². The van der Waals surface area contributed by atoms with E-state index in [1.807, 2.05) is 12.1 Å². The molecular weight excluding hydrogens is 446 g/mol. The van der Waals surface area contributed by atoms with Crippen LogP contribution in [0.1, 0.15) is 36.0 Å². The Morgan fingerprint density at radius 2 is 1.84 bits per heavy atom. The fraction of sp³-hybridized carbons (Fsp3) is 0.409. The third-order valence-corrected chi connectivity index (χ3v) is 8.62. The maximum Gasteiger partial charge on any atom is 0.254 e. The largest absolute Gasteiger partial charge is 0.344 e. The van der Waals surface area contributed by atoms with Crippen LogP contribution in [0.15, 0.2) is 47.5 Å². The number of carbonyl (C=O) groups excluding carboxylic acids is 1. The van der Waals surface area contributed by atoms with Crippen LogP contribution in [-0.2, 0) is 10.0 Å². The normalized spacial score (nSPS) is 17.9. The Labute approximate surface area is 191 Å². The Kier molecular flexibility index (Phi) is 5.83. The zero-order valence-electron chi connectivity index (χ0n) is 17.6. The van der Waals surface area contributed by atoms with E-state index in [1.165, 1.54) is 6.07 Å². The van der Waals surface area contributed by atoms with Crippen LogP contribution in [0.2, 0.25) is 0 Å². The number of rotatable bonds is 5. The van der Waals surface area contributed by atoms with E-state index in [4.69, 9.17) is 0 Å². The highest BCUT2D eigenvalue weighted by atomic mass is 32.2. The Bertz CT molecular complexity index is 1200. The number of nitrogens with zero attached hydrogens (tertiary/aromatic N) is 4. The van der Waals surface area contributed by atoms with Crippen LogP contribution < -0.4 is 9.62 Å². The SMILES string of the molecule is O=C(c1cccc(S(=O)(=O)NC2CCCC2)c1)N1CCN(c2nc3cccnc3s2)CC1. The molecule has 1 N–H and O–H groups in total. The van der Waals surface area contributed by atoms with Gasteiger partial charge in [-0.15, -0.1) is 0 Å². The average molecular weight is 472 g/mol. The summed E-state index contributed by atoms with van der Waals surface area (Å²) in [5.41, 5.74) is 1.28. The van der Waals surface area contributed by atoms with Gasteiger partial charge in [-0.2, -0.15) is 0 Å². The zero-order chi connectivity index (χ0) is 22.1. The first-order valence-corrected chi connectivity index (χ1v) is 13.2. The van der Waals surface area contributed by atoms with Gasteiger partial charge < -0.3 is 9.80 Å². The van der Waals surface area contributed by atoms with Gasteiger partial charge in [0.1, 0.15) is 10.3 Å². The molecule has 2 aliphatic rings. The Balaban J connectivity index is 1.25. The fourth-order valence-corrected chi connectivity index (χ4v) is 6.62. The van der Waals surface area contributed by atoms with Gasteiger partial charge in [0, 0.05) is 44.0 Å². The minimum atomic E-state index is -3.63. The molecular formula is C22H25N5O3S2. The molecule has 0 spiro atoms. The third kappa shape index (κ3) is 4.35. The van der Waals surface area contributed by atoms with E-state index in [0.717, 1.165) is 41.2 Å². The van der Waals surface area contributed by atoms with Gasteiger partial charge in [0.2, 0.25) is 10.0 Å². The highest BCUT2D eigenvalue weighted by Gasteiger charge is 2.26. The Morgan fingerprint density at radius 3 is 2.59 bits per heavy atom. The second-order valence-electron chi connectivity index (χ2n) is 8.23. The molecule has 1 saturated carbocycles. The Morgan fingerprint density at radius 1 is 1.06 bits per heavy atom. The number of piperazine rings is 1. The molecule has 10 heteroatoms. The van der Waals surface area contributed by atoms with Crippen molar-refractivity contribution in [1.82, 2.24) is 19.6 Å². The van der Waals surface area contributed by atoms with E-state index in [0.29, 0.717) is 31.7 Å². The lowest BCUT2D eigenvalue weighted by Gasteiger charge is -2.34. The highest BCUT2D eigenvalue weighted by molar-refractivity contribution is 7.89. The number of anilines is 1. The van der Waals surface area contributed by atoms with Crippen LogP contribution in [0.5, 0.6) is 0 Å². The van der Waals surface area contributed by atoms with Crippen molar-refractivity contribution in [3.63, 3.8) is 0 Å². The molecule has 0 atom stereocenters. The van der Waals surface area contributed by atoms with Crippen molar-refractivity contribution in [3.8, 4) is 0 Å². The monoisotopic (exact) mass is 471 g/mol. The van der Waals surface area contributed by atoms with Gasteiger partial charge in [-0.3, -0.25) is 4.79 Å². The summed E-state index contributed by atoms with van der Waals surface area (Å²) in [5, 5.41) is 0.914. The van der Waals surface area contributed by atoms with Crippen LogP contribution in [-0.4, -0.2) is 61.4 Å². The van der Waals surface area contributed by atoms with Gasteiger partial charge >= 0.3 is 0 Å². The molecule has 2 fully saturated rings. The van der Waals surface area contributed by atoms with Crippen molar-refractivity contribution >= 4 is 42.7 Å². The molecule has 0 radical (unpaired) electrons. The first-order valence-electron chi connectivity index (χ1n) is 10.9. The molecule has 0 bridgehead atoms. The molecule has 168 valence electrons. The number of amides is 1. The van der Waals surface area contributed by atoms with Crippen LogP contribution in [0.3, 0.4) is 0 Å². The van der Waals surface area contributed by atoms with Crippen molar-refractivity contribution in [2.75, 3.05) is 31.1 Å². The number of carbonyl (C=O) groups is 1. The van der Waals surface area contributed by atoms with E-state index in [-0.39, 0.29) is 16.8 Å². The molecule has 3 heterocycles. The second-order valence-corrected chi connectivity index (χ2v) is 10.9. The molecule has 0 unspecified atom stereocenters. The maximum absolute atomic E-state index is 13.1. The van der Waals surface area contributed by atoms with Crippen molar-refractivity contribution in [1.29, 1.82) is 0 Å². The number of sulfonamides is 1. The summed E-state index contributed by atoms with van der Waals surface area (Å²) in [6.07, 6.45) is 5.59. The van der Waals surface area contributed by atoms with Crippen molar-refractivity contribution in [2.45, 2.75) is 36.6 Å². The molecule has 1 saturated heterocycles. The summed E-state index contributed by atoms with van der Waals surface area (Å²) in [6, 6.07) is 10.2. The third-order valence-electron chi connectivity index (χ3n) is 6.06. The number of pyridine rings is 1. The number of nitrogens with one attached hydrogen (secondary N) is 1. The number of fused-ring (bicyclic) bond motifs is 1. The van der Waals surface area contributed by atoms with Crippen LogP contribution in [0, 0.1) is 0 Å². The van der Waals surface area contributed by atoms with Gasteiger partial charge in [-0.05, 0) is 43.2 Å². The lowest BCUT2D eigenvalue weighted by atomic mass is 10.2. The van der Waals surface area contributed by atoms with Crippen LogP contribution in [0.4, 0.5) is 5.13 Å². The standard InChI is InChI=1S/C22H25N5O3S2/c28-21(16-5-3-8-18(15-16)32(29,30)25-17-6-1-2-7-17)26-11-13-27(14-12-26)22-24-19-9-4-10-23-20(19)31-22/h3-5,8-10,15,17,25H,1-2,6-7,11-14H2. The molecule has 32 heavy (non-hydrogen) atoms. The number of hydrogen-bond donors (Lipinski definition) is 1. The highest BCUT2D eigenvalue weighted by Crippen LogP contribution is 2.28. The van der Waals surface area contributed by atoms with Crippen molar-refractivity contribution in [3.05, 3.63) is 48.2 Å². The molecule has 5 rings (SSSR count). The topological polar surface area (TPSA) is 95.5 Å². The van der Waals surface area contributed by atoms with Crippen molar-refractivity contribution in [2.24, 2.45) is 0 Å². The predicted molar refractivity (Wildman–Crippen MR) is 125 cm³/mol. The number of benzene rings is 1. The van der Waals surface area contributed by atoms with E-state index in [1.54, 1.807) is 40.6 Å². The lowest BCUT2D eigenvalue weighted by Crippen LogP contribution is -2.48. The van der Waals surface area contributed by atoms with E-state index in [2.05, 4.69) is 19.6 Å². The van der Waals surface area contributed by atoms with Gasteiger partial charge in [0.15, 0.2) is 5.13 Å². The summed E-state index contributed by atoms with van der Waals surface area (Å²) in [5.74, 6) is -0.145. The summed E-state index contributed by atoms with van der Waals surface area (Å²) in [4.78, 5) is 27.1. The Hall–Kier alpha value is -2.56. The summed E-state index contributed by atoms with van der Waals surface area (Å²) < 4.78 is 28.3. The lowest BCUT2D eigenvalue weighted by molar-refractivity contribution is 0.0746. The zero-order valence-corrected chi connectivity index (χ0v) is 19.2. The first-order chi connectivity index (χ1) is 15.5. The fourth-order valence-electron chi connectivity index (χ4n) is 4.30. The smallest absolute Gasteiger partial charge is 0.254 e. The average Bonchev–Trinajstić information content (AvgIpc) is 3.48. The van der Waals surface area contributed by atoms with Crippen molar-refractivity contribution < 1.29 is 13.2 Å². The summed E-state index contributed by atoms with van der Waals surface area (Å²) >= 11 is 1.55. The van der Waals surface area contributed by atoms with Gasteiger partial charge in [-0.25, -0.2) is 23.1 Å². The van der Waals surface area contributed by atoms with Gasteiger partial charge in [0.25, 0.3) is 5.91 Å². The molecule has 1 aromatic carbocycles. The second kappa shape index (κ2) is 8.76. The number of hydrogen-bond acceptors (Lipinski definition) is 7. The minimum Gasteiger partial charge on any atom is -0.344 e. The number of aromatic nitrogens is 2. The first kappa shape index (κ1) is 21.3. The maximum atomic E-state index is 13.1. The van der Waals surface area contributed by atoms with Crippen LogP contribution >= 0.6 is 11.3 Å². The molecule has 1 amide bonds. The van der Waals surface area contributed by atoms with Crippen LogP contribution in [0.25, 0.3) is 10.3 Å². The molecule has 1 aliphatic carbocycles. The summed E-state index contributed by atoms with van der Waals surface area (Å²) in [7, 11) is -3.63. The van der Waals surface area contributed by atoms with Gasteiger partial charge in [-0.1, -0.05) is 30.2 Å². The molecule has 8 nitrogen and oxygen atoms in total. The molecule has 2 aromatic heterocycles.